The molecule has 0 atom stereocenters. The summed E-state index contributed by atoms with van der Waals surface area (Å²) in [5, 5.41) is 3.24. The van der Waals surface area contributed by atoms with Crippen LogP contribution in [0.15, 0.2) is 53.7 Å². The third kappa shape index (κ3) is 9.08. The molecule has 16 heteroatoms. The number of imide groups is 1. The van der Waals surface area contributed by atoms with Crippen molar-refractivity contribution in [3.05, 3.63) is 76.6 Å². The first kappa shape index (κ1) is 34.6. The number of phosphoric acid groups is 1. The van der Waals surface area contributed by atoms with E-state index in [0.717, 1.165) is 34.8 Å². The van der Waals surface area contributed by atoms with E-state index in [9.17, 15) is 18.9 Å². The first-order valence-corrected chi connectivity index (χ1v) is 15.4. The van der Waals surface area contributed by atoms with Crippen LogP contribution in [0.4, 0.5) is 16.2 Å². The summed E-state index contributed by atoms with van der Waals surface area (Å²) < 4.78 is 27.0. The van der Waals surface area contributed by atoms with E-state index < -0.39 is 32.6 Å². The number of aromatic nitrogens is 1. The Balaban J connectivity index is 1.75. The van der Waals surface area contributed by atoms with Crippen molar-refractivity contribution >= 4 is 43.0 Å². The summed E-state index contributed by atoms with van der Waals surface area (Å²) in [5.41, 5.74) is 12.9. The van der Waals surface area contributed by atoms with Gasteiger partial charge >= 0.3 is 19.9 Å². The number of carbonyl (C=O) groups is 3. The molecule has 0 saturated heterocycles. The normalized spacial score (nSPS) is 11.5. The monoisotopic (exact) mass is 644 g/mol. The molecule has 0 saturated carbocycles. The molecule has 45 heavy (non-hydrogen) atoms. The number of ether oxygens (including phenoxy) is 2. The van der Waals surface area contributed by atoms with Gasteiger partial charge in [0.2, 0.25) is 6.79 Å². The average Bonchev–Trinajstić information content (AvgIpc) is 3.33. The number of phosphoric ester groups is 1. The number of rotatable bonds is 13. The Morgan fingerprint density at radius 2 is 1.76 bits per heavy atom. The number of anilines is 1. The van der Waals surface area contributed by atoms with Gasteiger partial charge in [0.25, 0.3) is 5.91 Å². The molecule has 0 bridgehead atoms. The number of nitrogens with zero attached hydrogens (tertiary/aromatic N) is 3. The Morgan fingerprint density at radius 3 is 2.36 bits per heavy atom. The summed E-state index contributed by atoms with van der Waals surface area (Å²) in [6.07, 6.45) is 0.899. The second-order valence-corrected chi connectivity index (χ2v) is 10.8. The second kappa shape index (κ2) is 15.2. The van der Waals surface area contributed by atoms with E-state index in [1.165, 1.54) is 18.3 Å². The highest BCUT2D eigenvalue weighted by molar-refractivity contribution is 7.46. The highest BCUT2D eigenvalue weighted by atomic mass is 31.2. The molecule has 0 aliphatic rings. The van der Waals surface area contributed by atoms with Crippen LogP contribution in [0.3, 0.4) is 0 Å². The van der Waals surface area contributed by atoms with Gasteiger partial charge in [-0.1, -0.05) is 13.0 Å². The molecule has 1 aromatic heterocycles. The molecule has 15 nitrogen and oxygen atoms in total. The van der Waals surface area contributed by atoms with E-state index in [2.05, 4.69) is 20.3 Å². The molecule has 1 heterocycles. The van der Waals surface area contributed by atoms with Gasteiger partial charge in [-0.05, 0) is 74.7 Å². The number of carbonyl (C=O) groups excluding carboxylic acids is 3. The molecular weight excluding hydrogens is 607 g/mol. The number of aliphatic imine (C=N–C) groups is 1. The van der Waals surface area contributed by atoms with E-state index >= 15 is 0 Å². The van der Waals surface area contributed by atoms with Crippen molar-refractivity contribution < 1.29 is 42.7 Å². The number of benzene rings is 2. The largest absolute Gasteiger partial charge is 0.524 e. The van der Waals surface area contributed by atoms with Crippen LogP contribution >= 0.6 is 7.82 Å². The van der Waals surface area contributed by atoms with Gasteiger partial charge in [-0.2, -0.15) is 0 Å². The van der Waals surface area contributed by atoms with E-state index in [1.54, 1.807) is 25.6 Å². The van der Waals surface area contributed by atoms with Crippen LogP contribution in [-0.2, 0) is 14.0 Å². The average molecular weight is 645 g/mol. The molecule has 242 valence electrons. The fraction of sp³-hybridized carbons (Fsp3) is 0.310. The molecule has 0 fully saturated rings. The number of amides is 2. The summed E-state index contributed by atoms with van der Waals surface area (Å²) in [6.45, 7) is 7.33. The number of nitrogens with one attached hydrogen (secondary N) is 2. The van der Waals surface area contributed by atoms with Crippen molar-refractivity contribution in [3.8, 4) is 5.75 Å². The molecule has 0 unspecified atom stereocenters. The van der Waals surface area contributed by atoms with Crippen molar-refractivity contribution in [2.75, 3.05) is 37.7 Å². The smallest absolute Gasteiger partial charge is 0.424 e. The number of aryl methyl sites for hydroxylation is 1. The lowest BCUT2D eigenvalue weighted by molar-refractivity contribution is -0.0105. The van der Waals surface area contributed by atoms with Crippen LogP contribution in [0, 0.1) is 13.8 Å². The highest BCUT2D eigenvalue weighted by Crippen LogP contribution is 2.37. The topological polar surface area (TPSA) is 207 Å². The van der Waals surface area contributed by atoms with Crippen LogP contribution in [0.2, 0.25) is 0 Å². The van der Waals surface area contributed by atoms with Gasteiger partial charge in [-0.25, -0.2) is 24.0 Å². The fourth-order valence-electron chi connectivity index (χ4n) is 4.26. The van der Waals surface area contributed by atoms with Crippen LogP contribution < -0.4 is 21.0 Å². The molecule has 0 aliphatic carbocycles. The third-order valence-electron chi connectivity index (χ3n) is 6.40. The first-order valence-electron chi connectivity index (χ1n) is 13.9. The minimum absolute atomic E-state index is 0.00459. The molecule has 0 radical (unpaired) electrons. The van der Waals surface area contributed by atoms with E-state index in [0.29, 0.717) is 23.4 Å². The standard InChI is InChI=1S/C29H37N6O9P/c1-6-14-34(29(38)43-17-42-28(37)20-9-12-22(13-10-20)44-45(39,40)41)27(36)23-16-35(31-5)25(19(23)4)26(30)33-24-15-21(32-7-2)11-8-18(24)3/h8-13,15-16,31-32H,6-7,14,17H2,1-5H3,(H2,30,33)(H2,39,40,41). The molecule has 2 amide bonds. The molecule has 0 spiro atoms. The predicted octanol–water partition coefficient (Wildman–Crippen LogP) is 4.02. The number of amidine groups is 1. The Bertz CT molecular complexity index is 1610. The zero-order chi connectivity index (χ0) is 33.3. The van der Waals surface area contributed by atoms with E-state index in [4.69, 9.17) is 25.0 Å². The van der Waals surface area contributed by atoms with E-state index in [-0.39, 0.29) is 29.3 Å². The fourth-order valence-corrected chi connectivity index (χ4v) is 4.66. The molecule has 3 rings (SSSR count). The molecule has 2 aromatic carbocycles. The van der Waals surface area contributed by atoms with Crippen molar-refractivity contribution in [1.29, 1.82) is 0 Å². The predicted molar refractivity (Wildman–Crippen MR) is 167 cm³/mol. The lowest BCUT2D eigenvalue weighted by Gasteiger charge is -2.19. The zero-order valence-corrected chi connectivity index (χ0v) is 26.5. The molecule has 6 N–H and O–H groups in total. The number of hydrogen-bond acceptors (Lipinski definition) is 10. The minimum atomic E-state index is -4.76. The number of nitrogens with two attached hydrogens (primary N) is 1. The zero-order valence-electron chi connectivity index (χ0n) is 25.6. The van der Waals surface area contributed by atoms with Crippen molar-refractivity contribution in [2.24, 2.45) is 10.7 Å². The van der Waals surface area contributed by atoms with Crippen molar-refractivity contribution in [2.45, 2.75) is 34.1 Å². The number of hydrogen-bond donors (Lipinski definition) is 5. The Morgan fingerprint density at radius 1 is 1.07 bits per heavy atom. The lowest BCUT2D eigenvalue weighted by Crippen LogP contribution is -2.38. The Labute approximate surface area is 260 Å². The van der Waals surface area contributed by atoms with Gasteiger partial charge < -0.3 is 30.5 Å². The van der Waals surface area contributed by atoms with Crippen molar-refractivity contribution in [3.63, 3.8) is 0 Å². The van der Waals surface area contributed by atoms with Crippen molar-refractivity contribution in [1.82, 2.24) is 9.58 Å². The van der Waals surface area contributed by atoms with Gasteiger partial charge in [0.05, 0.1) is 16.8 Å². The maximum Gasteiger partial charge on any atom is 0.524 e. The van der Waals surface area contributed by atoms with Gasteiger partial charge in [-0.3, -0.25) is 19.3 Å². The van der Waals surface area contributed by atoms with Gasteiger partial charge in [0.1, 0.15) is 17.3 Å². The minimum Gasteiger partial charge on any atom is -0.424 e. The van der Waals surface area contributed by atoms with Crippen LogP contribution in [-0.4, -0.2) is 70.1 Å². The quantitative estimate of drug-likeness (QED) is 0.0588. The summed E-state index contributed by atoms with van der Waals surface area (Å²) in [7, 11) is -3.11. The Kier molecular flexibility index (Phi) is 11.7. The first-order chi connectivity index (χ1) is 21.3. The molecule has 0 aliphatic heterocycles. The van der Waals surface area contributed by atoms with Crippen LogP contribution in [0.25, 0.3) is 0 Å². The molecular formula is C29H37N6O9P. The Hall–Kier alpha value is -4.85. The van der Waals surface area contributed by atoms with Crippen LogP contribution in [0.1, 0.15) is 57.8 Å². The summed E-state index contributed by atoms with van der Waals surface area (Å²) in [4.78, 5) is 62.1. The summed E-state index contributed by atoms with van der Waals surface area (Å²) in [6, 6.07) is 10.5. The highest BCUT2D eigenvalue weighted by Gasteiger charge is 2.29. The van der Waals surface area contributed by atoms with E-state index in [1.807, 2.05) is 32.0 Å². The summed E-state index contributed by atoms with van der Waals surface area (Å²) in [5.74, 6) is -1.55. The van der Waals surface area contributed by atoms with Gasteiger partial charge in [0.15, 0.2) is 0 Å². The maximum absolute atomic E-state index is 13.6. The van der Waals surface area contributed by atoms with Crippen LogP contribution in [0.5, 0.6) is 5.75 Å². The number of esters is 1. The summed E-state index contributed by atoms with van der Waals surface area (Å²) >= 11 is 0. The van der Waals surface area contributed by atoms with Gasteiger partial charge in [-0.15, -0.1) is 0 Å². The second-order valence-electron chi connectivity index (χ2n) is 9.66. The lowest BCUT2D eigenvalue weighted by atomic mass is 10.1. The maximum atomic E-state index is 13.6. The molecule has 3 aromatic rings. The van der Waals surface area contributed by atoms with Gasteiger partial charge in [0, 0.05) is 32.0 Å². The SMILES string of the molecule is CCCN(C(=O)OCOC(=O)c1ccc(OP(=O)(O)O)cc1)C(=O)c1cn(NC)c(C(N)=Nc2cc(NCC)ccc2C)c1C. The third-order valence-corrected chi connectivity index (χ3v) is 6.85.